The Morgan fingerprint density at radius 3 is 2.71 bits per heavy atom. The molecule has 3 atom stereocenters. The van der Waals surface area contributed by atoms with Crippen molar-refractivity contribution in [2.75, 3.05) is 26.2 Å². The molecule has 3 heterocycles. The summed E-state index contributed by atoms with van der Waals surface area (Å²) in [6.07, 6.45) is 8.27. The minimum atomic E-state index is 0.107. The second-order valence-corrected chi connectivity index (χ2v) is 7.07. The Morgan fingerprint density at radius 1 is 1.14 bits per heavy atom. The SMILES string of the molecule is O=C(C[C@@H]1C[C@H]2CN(C3CCC3)C[C@H]2O1)N1CCCCO1. The van der Waals surface area contributed by atoms with Crippen LogP contribution in [0.4, 0.5) is 0 Å². The minimum absolute atomic E-state index is 0.107. The van der Waals surface area contributed by atoms with Crippen LogP contribution in [-0.2, 0) is 14.4 Å². The van der Waals surface area contributed by atoms with Gasteiger partial charge in [-0.1, -0.05) is 6.42 Å². The molecule has 0 aromatic carbocycles. The zero-order chi connectivity index (χ0) is 14.2. The van der Waals surface area contributed by atoms with Crippen LogP contribution in [-0.4, -0.2) is 60.4 Å². The Labute approximate surface area is 126 Å². The quantitative estimate of drug-likeness (QED) is 0.792. The average molecular weight is 294 g/mol. The van der Waals surface area contributed by atoms with Crippen LogP contribution in [0, 0.1) is 5.92 Å². The van der Waals surface area contributed by atoms with Gasteiger partial charge in [0.05, 0.1) is 25.2 Å². The fraction of sp³-hybridized carbons (Fsp3) is 0.938. The summed E-state index contributed by atoms with van der Waals surface area (Å²) < 4.78 is 6.15. The molecule has 3 saturated heterocycles. The molecule has 0 unspecified atom stereocenters. The monoisotopic (exact) mass is 294 g/mol. The molecular formula is C16H26N2O3. The normalized spacial score (nSPS) is 37.5. The van der Waals surface area contributed by atoms with Gasteiger partial charge in [0.2, 0.25) is 5.91 Å². The number of carbonyl (C=O) groups is 1. The number of nitrogens with zero attached hydrogens (tertiary/aromatic N) is 2. The Bertz CT molecular complexity index is 379. The first kappa shape index (κ1) is 14.0. The number of hydrogen-bond acceptors (Lipinski definition) is 4. The Kier molecular flexibility index (Phi) is 3.90. The fourth-order valence-corrected chi connectivity index (χ4v) is 4.17. The van der Waals surface area contributed by atoms with E-state index in [1.54, 1.807) is 5.06 Å². The highest BCUT2D eigenvalue weighted by Crippen LogP contribution is 2.38. The van der Waals surface area contributed by atoms with E-state index in [9.17, 15) is 4.79 Å². The first-order chi connectivity index (χ1) is 10.3. The van der Waals surface area contributed by atoms with Crippen molar-refractivity contribution in [3.8, 4) is 0 Å². The molecule has 5 heteroatoms. The highest BCUT2D eigenvalue weighted by atomic mass is 16.7. The number of carbonyl (C=O) groups excluding carboxylic acids is 1. The van der Waals surface area contributed by atoms with Crippen molar-refractivity contribution in [1.29, 1.82) is 0 Å². The van der Waals surface area contributed by atoms with Crippen LogP contribution in [0.25, 0.3) is 0 Å². The van der Waals surface area contributed by atoms with Gasteiger partial charge in [0.25, 0.3) is 0 Å². The topological polar surface area (TPSA) is 42.0 Å². The lowest BCUT2D eigenvalue weighted by Gasteiger charge is -2.35. The van der Waals surface area contributed by atoms with E-state index in [-0.39, 0.29) is 12.0 Å². The van der Waals surface area contributed by atoms with Crippen molar-refractivity contribution < 1.29 is 14.4 Å². The number of rotatable bonds is 3. The summed E-state index contributed by atoms with van der Waals surface area (Å²) >= 11 is 0. The first-order valence-electron chi connectivity index (χ1n) is 8.62. The molecule has 0 radical (unpaired) electrons. The molecule has 3 aliphatic heterocycles. The number of hydroxylamine groups is 2. The molecule has 118 valence electrons. The van der Waals surface area contributed by atoms with E-state index in [0.717, 1.165) is 38.4 Å². The van der Waals surface area contributed by atoms with Gasteiger partial charge in [0.1, 0.15) is 0 Å². The molecule has 0 aromatic rings. The zero-order valence-corrected chi connectivity index (χ0v) is 12.7. The van der Waals surface area contributed by atoms with Crippen molar-refractivity contribution in [1.82, 2.24) is 9.96 Å². The standard InChI is InChI=1S/C16H26N2O3/c19-16(18-6-1-2-7-20-18)9-14-8-12-10-17(11-15(12)21-14)13-4-3-5-13/h12-15H,1-11H2/t12-,14-,15+/m0/s1. The van der Waals surface area contributed by atoms with Crippen LogP contribution in [0.15, 0.2) is 0 Å². The van der Waals surface area contributed by atoms with E-state index in [0.29, 0.717) is 25.0 Å². The molecule has 0 spiro atoms. The zero-order valence-electron chi connectivity index (χ0n) is 12.7. The predicted molar refractivity (Wildman–Crippen MR) is 77.5 cm³/mol. The van der Waals surface area contributed by atoms with E-state index in [1.807, 2.05) is 0 Å². The second-order valence-electron chi connectivity index (χ2n) is 7.07. The number of likely N-dealkylation sites (tertiary alicyclic amines) is 1. The molecule has 5 nitrogen and oxygen atoms in total. The molecule has 21 heavy (non-hydrogen) atoms. The van der Waals surface area contributed by atoms with E-state index >= 15 is 0 Å². The third kappa shape index (κ3) is 2.83. The largest absolute Gasteiger partial charge is 0.373 e. The van der Waals surface area contributed by atoms with Crippen LogP contribution in [0.5, 0.6) is 0 Å². The number of fused-ring (bicyclic) bond motifs is 1. The molecule has 4 fully saturated rings. The molecule has 0 N–H and O–H groups in total. The van der Waals surface area contributed by atoms with Crippen LogP contribution in [0.1, 0.15) is 44.9 Å². The lowest BCUT2D eigenvalue weighted by atomic mass is 9.92. The third-order valence-electron chi connectivity index (χ3n) is 5.62. The minimum Gasteiger partial charge on any atom is -0.373 e. The highest BCUT2D eigenvalue weighted by Gasteiger charge is 2.45. The van der Waals surface area contributed by atoms with Crippen LogP contribution in [0.3, 0.4) is 0 Å². The van der Waals surface area contributed by atoms with Gasteiger partial charge in [0.15, 0.2) is 0 Å². The number of ether oxygens (including phenoxy) is 1. The highest BCUT2D eigenvalue weighted by molar-refractivity contribution is 5.75. The summed E-state index contributed by atoms with van der Waals surface area (Å²) in [6.45, 7) is 3.69. The maximum atomic E-state index is 12.2. The lowest BCUT2D eigenvalue weighted by molar-refractivity contribution is -0.199. The van der Waals surface area contributed by atoms with Gasteiger partial charge in [-0.3, -0.25) is 14.5 Å². The van der Waals surface area contributed by atoms with E-state index in [1.165, 1.54) is 25.8 Å². The summed E-state index contributed by atoms with van der Waals surface area (Å²) in [5.41, 5.74) is 0. The van der Waals surface area contributed by atoms with Gasteiger partial charge in [-0.2, -0.15) is 0 Å². The summed E-state index contributed by atoms with van der Waals surface area (Å²) in [5.74, 6) is 0.751. The van der Waals surface area contributed by atoms with Gasteiger partial charge < -0.3 is 4.74 Å². The summed E-state index contributed by atoms with van der Waals surface area (Å²) in [7, 11) is 0. The molecule has 1 aliphatic carbocycles. The van der Waals surface area contributed by atoms with Gasteiger partial charge in [-0.05, 0) is 32.1 Å². The first-order valence-corrected chi connectivity index (χ1v) is 8.62. The average Bonchev–Trinajstić information content (AvgIpc) is 2.95. The summed E-state index contributed by atoms with van der Waals surface area (Å²) in [5, 5.41) is 1.56. The third-order valence-corrected chi connectivity index (χ3v) is 5.62. The number of amides is 1. The van der Waals surface area contributed by atoms with Gasteiger partial charge in [-0.25, -0.2) is 5.06 Å². The van der Waals surface area contributed by atoms with Crippen molar-refractivity contribution in [2.45, 2.75) is 63.2 Å². The van der Waals surface area contributed by atoms with Crippen LogP contribution in [0.2, 0.25) is 0 Å². The van der Waals surface area contributed by atoms with E-state index in [2.05, 4.69) is 4.90 Å². The van der Waals surface area contributed by atoms with E-state index in [4.69, 9.17) is 9.57 Å². The Morgan fingerprint density at radius 2 is 2.05 bits per heavy atom. The summed E-state index contributed by atoms with van der Waals surface area (Å²) in [6, 6.07) is 0.820. The van der Waals surface area contributed by atoms with E-state index < -0.39 is 0 Å². The van der Waals surface area contributed by atoms with Gasteiger partial charge in [0, 0.05) is 31.6 Å². The van der Waals surface area contributed by atoms with Crippen molar-refractivity contribution in [3.05, 3.63) is 0 Å². The van der Waals surface area contributed by atoms with Crippen LogP contribution >= 0.6 is 0 Å². The summed E-state index contributed by atoms with van der Waals surface area (Å²) in [4.78, 5) is 20.3. The number of hydrogen-bond donors (Lipinski definition) is 0. The molecule has 0 aromatic heterocycles. The second kappa shape index (κ2) is 5.86. The van der Waals surface area contributed by atoms with Crippen molar-refractivity contribution in [2.24, 2.45) is 5.92 Å². The lowest BCUT2D eigenvalue weighted by Crippen LogP contribution is -2.40. The molecule has 1 amide bonds. The van der Waals surface area contributed by atoms with Crippen LogP contribution < -0.4 is 0 Å². The van der Waals surface area contributed by atoms with Crippen molar-refractivity contribution >= 4 is 5.91 Å². The molecule has 0 bridgehead atoms. The van der Waals surface area contributed by atoms with Gasteiger partial charge in [-0.15, -0.1) is 0 Å². The maximum absolute atomic E-state index is 12.2. The maximum Gasteiger partial charge on any atom is 0.248 e. The predicted octanol–water partition coefficient (Wildman–Crippen LogP) is 1.57. The molecule has 4 aliphatic rings. The molecule has 1 saturated carbocycles. The Hall–Kier alpha value is -0.650. The smallest absolute Gasteiger partial charge is 0.248 e. The Balaban J connectivity index is 1.25. The molecule has 4 rings (SSSR count). The van der Waals surface area contributed by atoms with Crippen molar-refractivity contribution in [3.63, 3.8) is 0 Å². The molecular weight excluding hydrogens is 268 g/mol. The van der Waals surface area contributed by atoms with Gasteiger partial charge >= 0.3 is 0 Å². The fourth-order valence-electron chi connectivity index (χ4n) is 4.17.